The average molecular weight is 659 g/mol. The summed E-state index contributed by atoms with van der Waals surface area (Å²) in [5.41, 5.74) is 2.25. The van der Waals surface area contributed by atoms with Crippen molar-refractivity contribution in [3.8, 4) is 0 Å². The zero-order valence-corrected chi connectivity index (χ0v) is 23.9. The molecule has 0 aromatic heterocycles. The molecule has 2 aliphatic heterocycles. The minimum Gasteiger partial charge on any atom is -0.333 e. The monoisotopic (exact) mass is 659 g/mol. The molecule has 0 saturated carbocycles. The molecular weight excluding hydrogens is 631 g/mol. The molecule has 1 N–H and O–H groups in total. The number of piperazine rings is 1. The quantitative estimate of drug-likeness (QED) is 0.310. The molecule has 208 valence electrons. The topological polar surface area (TPSA) is 76.2 Å². The first-order valence-electron chi connectivity index (χ1n) is 12.8. The molecule has 2 aliphatic rings. The van der Waals surface area contributed by atoms with E-state index in [4.69, 9.17) is 0 Å². The van der Waals surface area contributed by atoms with Crippen LogP contribution in [0, 0.1) is 15.2 Å². The van der Waals surface area contributed by atoms with Gasteiger partial charge in [-0.1, -0.05) is 60.7 Å². The Morgan fingerprint density at radius 1 is 1.00 bits per heavy atom. The van der Waals surface area contributed by atoms with Crippen molar-refractivity contribution in [3.63, 3.8) is 0 Å². The number of hydrazine groups is 1. The molecule has 8 nitrogen and oxygen atoms in total. The number of urea groups is 1. The zero-order valence-electron chi connectivity index (χ0n) is 21.8. The van der Waals surface area contributed by atoms with Gasteiger partial charge in [0.25, 0.3) is 0 Å². The van der Waals surface area contributed by atoms with Gasteiger partial charge in [-0.05, 0) is 51.4 Å². The van der Waals surface area contributed by atoms with Gasteiger partial charge >= 0.3 is 6.03 Å². The third kappa shape index (κ3) is 5.80. The van der Waals surface area contributed by atoms with Gasteiger partial charge in [-0.2, -0.15) is 5.01 Å². The van der Waals surface area contributed by atoms with Crippen molar-refractivity contribution in [3.05, 3.63) is 105 Å². The molecular formula is C29H28F2IN5O3. The van der Waals surface area contributed by atoms with E-state index in [1.807, 2.05) is 60.7 Å². The molecule has 0 aliphatic carbocycles. The van der Waals surface area contributed by atoms with Gasteiger partial charge in [0, 0.05) is 26.6 Å². The fourth-order valence-corrected chi connectivity index (χ4v) is 5.87. The molecule has 2 fully saturated rings. The molecule has 0 bridgehead atoms. The maximum absolute atomic E-state index is 14.2. The number of hydrogen-bond acceptors (Lipinski definition) is 4. The molecule has 2 heterocycles. The predicted molar refractivity (Wildman–Crippen MR) is 152 cm³/mol. The number of rotatable bonds is 7. The minimum atomic E-state index is -0.985. The predicted octanol–water partition coefficient (Wildman–Crippen LogP) is 3.75. The lowest BCUT2D eigenvalue weighted by molar-refractivity contribution is -0.157. The van der Waals surface area contributed by atoms with Crippen molar-refractivity contribution in [2.45, 2.75) is 31.7 Å². The van der Waals surface area contributed by atoms with Gasteiger partial charge in [-0.3, -0.25) is 14.6 Å². The molecule has 0 radical (unpaired) electrons. The van der Waals surface area contributed by atoms with E-state index < -0.39 is 29.9 Å². The highest BCUT2D eigenvalue weighted by Crippen LogP contribution is 2.30. The largest absolute Gasteiger partial charge is 0.333 e. The number of nitrogens with one attached hydrogen (secondary N) is 1. The van der Waals surface area contributed by atoms with Crippen molar-refractivity contribution in [1.29, 1.82) is 0 Å². The smallest absolute Gasteiger partial charge is 0.332 e. The first-order valence-corrected chi connectivity index (χ1v) is 13.9. The lowest BCUT2D eigenvalue weighted by Crippen LogP contribution is -2.65. The highest BCUT2D eigenvalue weighted by atomic mass is 127. The van der Waals surface area contributed by atoms with E-state index >= 15 is 0 Å². The summed E-state index contributed by atoms with van der Waals surface area (Å²) in [4.78, 5) is 43.3. The van der Waals surface area contributed by atoms with E-state index in [1.165, 1.54) is 11.1 Å². The Hall–Kier alpha value is -3.58. The van der Waals surface area contributed by atoms with Crippen molar-refractivity contribution in [2.24, 2.45) is 0 Å². The summed E-state index contributed by atoms with van der Waals surface area (Å²) in [5.74, 6) is -2.46. The van der Waals surface area contributed by atoms with Crippen LogP contribution in [-0.4, -0.2) is 70.0 Å². The average Bonchev–Trinajstić information content (AvgIpc) is 3.28. The summed E-state index contributed by atoms with van der Waals surface area (Å²) in [6.07, 6.45) is -0.332. The van der Waals surface area contributed by atoms with Crippen molar-refractivity contribution in [1.82, 2.24) is 25.1 Å². The second-order valence-corrected chi connectivity index (χ2v) is 11.0. The van der Waals surface area contributed by atoms with Crippen molar-refractivity contribution >= 4 is 40.4 Å². The first kappa shape index (κ1) is 28.0. The lowest BCUT2D eigenvalue weighted by Gasteiger charge is -2.45. The fraction of sp³-hybridized carbons (Fsp3) is 0.276. The maximum Gasteiger partial charge on any atom is 0.332 e. The molecule has 3 aromatic rings. The normalized spacial score (nSPS) is 19.1. The molecule has 40 heavy (non-hydrogen) atoms. The third-order valence-electron chi connectivity index (χ3n) is 7.22. The van der Waals surface area contributed by atoms with Gasteiger partial charge in [0.15, 0.2) is 11.6 Å². The van der Waals surface area contributed by atoms with Crippen LogP contribution in [0.15, 0.2) is 72.8 Å². The number of amides is 4. The molecule has 5 rings (SSSR count). The molecule has 0 spiro atoms. The number of halogens is 3. The molecule has 11 heteroatoms. The third-order valence-corrected chi connectivity index (χ3v) is 8.01. The van der Waals surface area contributed by atoms with E-state index in [-0.39, 0.29) is 41.4 Å². The Morgan fingerprint density at radius 2 is 1.65 bits per heavy atom. The van der Waals surface area contributed by atoms with Crippen LogP contribution >= 0.6 is 22.6 Å². The number of carbonyl (C=O) groups excluding carboxylic acids is 3. The van der Waals surface area contributed by atoms with Crippen LogP contribution in [0.25, 0.3) is 0 Å². The molecule has 0 unspecified atom stereocenters. The lowest BCUT2D eigenvalue weighted by atomic mass is 10.00. The van der Waals surface area contributed by atoms with Crippen LogP contribution in [0.3, 0.4) is 0 Å². The highest BCUT2D eigenvalue weighted by Gasteiger charge is 2.51. The molecule has 2 atom stereocenters. The zero-order chi connectivity index (χ0) is 28.4. The highest BCUT2D eigenvalue weighted by molar-refractivity contribution is 14.1. The number of benzene rings is 3. The fourth-order valence-electron chi connectivity index (χ4n) is 5.21. The summed E-state index contributed by atoms with van der Waals surface area (Å²) in [7, 11) is 1.59. The van der Waals surface area contributed by atoms with Crippen LogP contribution in [0.5, 0.6) is 0 Å². The first-order chi connectivity index (χ1) is 19.2. The molecule has 4 amide bonds. The van der Waals surface area contributed by atoms with E-state index in [9.17, 15) is 23.2 Å². The van der Waals surface area contributed by atoms with E-state index in [2.05, 4.69) is 5.32 Å². The molecule has 3 aromatic carbocycles. The molecule has 2 saturated heterocycles. The van der Waals surface area contributed by atoms with Gasteiger partial charge in [-0.15, -0.1) is 0 Å². The minimum absolute atomic E-state index is 0.0353. The Morgan fingerprint density at radius 3 is 2.30 bits per heavy atom. The van der Waals surface area contributed by atoms with Gasteiger partial charge in [0.05, 0.1) is 16.7 Å². The van der Waals surface area contributed by atoms with Gasteiger partial charge in [-0.25, -0.2) is 13.6 Å². The number of carbonyl (C=O) groups is 3. The van der Waals surface area contributed by atoms with Crippen LogP contribution in [-0.2, 0) is 29.1 Å². The van der Waals surface area contributed by atoms with Gasteiger partial charge in [0.2, 0.25) is 11.8 Å². The standard InChI is InChI=1S/C29H28F2IN5O3/c1-34(29(40)33-15-20-10-6-3-7-11-20)36-18-26(38)37-24(14-19-8-4-2-5-9-19)28(39)35(17-25(36)37)16-21-12-22(30)27(31)23(32)13-21/h2-13,24-25H,14-18H2,1H3,(H,33,40)/t24-,25+/m0/s1. The van der Waals surface area contributed by atoms with Gasteiger partial charge in [0.1, 0.15) is 12.2 Å². The maximum atomic E-state index is 14.2. The van der Waals surface area contributed by atoms with E-state index in [0.717, 1.165) is 17.2 Å². The summed E-state index contributed by atoms with van der Waals surface area (Å²) in [6.45, 7) is 0.376. The second kappa shape index (κ2) is 11.9. The van der Waals surface area contributed by atoms with Crippen LogP contribution < -0.4 is 5.32 Å². The van der Waals surface area contributed by atoms with Crippen LogP contribution in [0.4, 0.5) is 13.6 Å². The Kier molecular flexibility index (Phi) is 8.31. The van der Waals surface area contributed by atoms with Gasteiger partial charge < -0.3 is 15.1 Å². The summed E-state index contributed by atoms with van der Waals surface area (Å²) in [6, 6.07) is 20.2. The van der Waals surface area contributed by atoms with Crippen LogP contribution in [0.2, 0.25) is 0 Å². The summed E-state index contributed by atoms with van der Waals surface area (Å²) < 4.78 is 28.2. The van der Waals surface area contributed by atoms with Crippen LogP contribution in [0.1, 0.15) is 16.7 Å². The van der Waals surface area contributed by atoms with E-state index in [1.54, 1.807) is 44.4 Å². The van der Waals surface area contributed by atoms with Crippen molar-refractivity contribution in [2.75, 3.05) is 20.1 Å². The number of nitrogens with zero attached hydrogens (tertiary/aromatic N) is 4. The number of fused-ring (bicyclic) bond motifs is 1. The Balaban J connectivity index is 1.40. The summed E-state index contributed by atoms with van der Waals surface area (Å²) in [5, 5.41) is 5.89. The van der Waals surface area contributed by atoms with E-state index in [0.29, 0.717) is 12.1 Å². The SMILES string of the molecule is CN(C(=O)NCc1ccccc1)N1CC(=O)N2[C@@H](Cc3ccccc3)C(=O)N(Cc3cc(F)c(F)c(I)c3)C[C@@H]21. The second-order valence-electron chi connectivity index (χ2n) is 9.84. The Labute approximate surface area is 244 Å². The number of hydrogen-bond donors (Lipinski definition) is 1. The Bertz CT molecular complexity index is 1390. The summed E-state index contributed by atoms with van der Waals surface area (Å²) >= 11 is 1.72. The van der Waals surface area contributed by atoms with Crippen molar-refractivity contribution < 1.29 is 23.2 Å².